The summed E-state index contributed by atoms with van der Waals surface area (Å²) in [5.74, 6) is -0.0473. The van der Waals surface area contributed by atoms with Gasteiger partial charge in [0.15, 0.2) is 0 Å². The Labute approximate surface area is 467 Å². The maximum Gasteiger partial charge on any atom is 0.220 e. The van der Waals surface area contributed by atoms with Crippen LogP contribution in [-0.2, 0) is 4.79 Å². The summed E-state index contributed by atoms with van der Waals surface area (Å²) in [7, 11) is 0. The fraction of sp³-hybridized carbons (Fsp3) is 0.704. The second-order valence-corrected chi connectivity index (χ2v) is 21.5. The number of hydrogen-bond donors (Lipinski definition) is 3. The third-order valence-corrected chi connectivity index (χ3v) is 14.2. The largest absolute Gasteiger partial charge is 0.394 e. The van der Waals surface area contributed by atoms with Gasteiger partial charge >= 0.3 is 0 Å². The molecule has 0 aromatic heterocycles. The minimum absolute atomic E-state index is 0.0473. The first kappa shape index (κ1) is 71.8. The zero-order valence-corrected chi connectivity index (χ0v) is 49.5. The Morgan fingerprint density at radius 2 is 0.587 bits per heavy atom. The number of carbonyl (C=O) groups excluding carboxylic acids is 1. The first-order valence-electron chi connectivity index (χ1n) is 32.2. The lowest BCUT2D eigenvalue weighted by Gasteiger charge is -2.22. The molecule has 3 N–H and O–H groups in total. The fourth-order valence-corrected chi connectivity index (χ4v) is 9.39. The number of rotatable bonds is 58. The molecular weight excluding hydrogens is 915 g/mol. The molecule has 0 saturated carbocycles. The van der Waals surface area contributed by atoms with Crippen LogP contribution >= 0.6 is 0 Å². The predicted molar refractivity (Wildman–Crippen MR) is 336 cm³/mol. The highest BCUT2D eigenvalue weighted by molar-refractivity contribution is 5.76. The minimum atomic E-state index is -0.676. The van der Waals surface area contributed by atoms with Gasteiger partial charge in [-0.1, -0.05) is 328 Å². The van der Waals surface area contributed by atoms with Crippen molar-refractivity contribution in [2.75, 3.05) is 6.61 Å². The van der Waals surface area contributed by atoms with Crippen molar-refractivity contribution < 1.29 is 15.0 Å². The van der Waals surface area contributed by atoms with Crippen molar-refractivity contribution in [1.29, 1.82) is 0 Å². The number of amides is 1. The van der Waals surface area contributed by atoms with Crippen molar-refractivity contribution in [2.24, 2.45) is 0 Å². The van der Waals surface area contributed by atoms with Gasteiger partial charge in [-0.15, -0.1) is 0 Å². The zero-order chi connectivity index (χ0) is 54.1. The van der Waals surface area contributed by atoms with Crippen molar-refractivity contribution in [3.63, 3.8) is 0 Å². The Hall–Kier alpha value is -3.21. The molecule has 0 aromatic rings. The van der Waals surface area contributed by atoms with E-state index in [2.05, 4.69) is 141 Å². The second kappa shape index (κ2) is 65.1. The number of carbonyl (C=O) groups is 1. The van der Waals surface area contributed by atoms with E-state index in [9.17, 15) is 15.0 Å². The van der Waals surface area contributed by atoms with Crippen LogP contribution in [0.4, 0.5) is 0 Å². The van der Waals surface area contributed by atoms with Crippen molar-refractivity contribution in [2.45, 2.75) is 315 Å². The third kappa shape index (κ3) is 61.5. The molecule has 0 aliphatic heterocycles. The van der Waals surface area contributed by atoms with Crippen LogP contribution in [0.2, 0.25) is 0 Å². The molecule has 0 heterocycles. The van der Waals surface area contributed by atoms with E-state index in [1.54, 1.807) is 0 Å². The normalized spacial score (nSPS) is 13.6. The van der Waals surface area contributed by atoms with Gasteiger partial charge in [-0.25, -0.2) is 0 Å². The van der Waals surface area contributed by atoms with Crippen LogP contribution in [0.5, 0.6) is 0 Å². The van der Waals surface area contributed by atoms with Crippen molar-refractivity contribution in [3.8, 4) is 0 Å². The summed E-state index contributed by atoms with van der Waals surface area (Å²) < 4.78 is 0. The number of aliphatic hydroxyl groups is 2. The Bertz CT molecular complexity index is 1460. The maximum absolute atomic E-state index is 12.5. The predicted octanol–water partition coefficient (Wildman–Crippen LogP) is 22.0. The number of unbranched alkanes of at least 4 members (excludes halogenated alkanes) is 31. The maximum atomic E-state index is 12.5. The van der Waals surface area contributed by atoms with E-state index in [0.717, 1.165) is 103 Å². The highest BCUT2D eigenvalue weighted by atomic mass is 16.3. The molecule has 0 aliphatic carbocycles. The van der Waals surface area contributed by atoms with Crippen LogP contribution in [-0.4, -0.2) is 34.9 Å². The molecule has 0 fully saturated rings. The Balaban J connectivity index is 3.58. The van der Waals surface area contributed by atoms with Gasteiger partial charge in [0.05, 0.1) is 18.8 Å². The smallest absolute Gasteiger partial charge is 0.220 e. The molecule has 0 spiro atoms. The number of nitrogens with one attached hydrogen (secondary N) is 1. The lowest BCUT2D eigenvalue weighted by atomic mass is 10.0. The Morgan fingerprint density at radius 3 is 0.880 bits per heavy atom. The highest BCUT2D eigenvalue weighted by Crippen LogP contribution is 2.17. The Kier molecular flexibility index (Phi) is 62.3. The number of aliphatic hydroxyl groups excluding tert-OH is 2. The average Bonchev–Trinajstić information content (AvgIpc) is 3.41. The first-order valence-corrected chi connectivity index (χ1v) is 32.2. The molecule has 2 atom stereocenters. The molecule has 4 heteroatoms. The second-order valence-electron chi connectivity index (χ2n) is 21.5. The standard InChI is InChI=1S/C71H123NO3/c1-3-5-7-9-11-13-15-17-19-21-23-25-27-29-31-32-33-34-35-36-37-38-39-40-41-43-45-47-49-51-53-55-57-59-61-63-65-67-71(75)72-69(68-73)70(74)66-64-62-60-58-56-54-52-50-48-46-44-42-30-28-26-24-22-20-18-16-14-12-10-8-6-4-2/h5,7,11,13,17,19,23,25,29,31,33-34,36-37,39-40,43,45,49,51,69-70,73-74H,3-4,6,8-10,12,14-16,18,20-22,24,26-28,30,32,35,38,41-42,44,46-48,50,52-68H2,1-2H3,(H,72,75)/b7-5-,13-11-,19-17-,25-23-,31-29-,34-33-,37-36-,40-39-,45-43-,51-49-. The zero-order valence-electron chi connectivity index (χ0n) is 49.5. The molecule has 0 saturated heterocycles. The first-order chi connectivity index (χ1) is 37.2. The van der Waals surface area contributed by atoms with Gasteiger partial charge in [-0.05, 0) is 89.9 Å². The lowest BCUT2D eigenvalue weighted by Crippen LogP contribution is -2.45. The molecule has 4 nitrogen and oxygen atoms in total. The molecule has 430 valence electrons. The van der Waals surface area contributed by atoms with E-state index in [-0.39, 0.29) is 12.5 Å². The number of allylic oxidation sites excluding steroid dienone is 20. The van der Waals surface area contributed by atoms with E-state index in [4.69, 9.17) is 0 Å². The molecule has 2 unspecified atom stereocenters. The Morgan fingerprint density at radius 1 is 0.333 bits per heavy atom. The summed E-state index contributed by atoms with van der Waals surface area (Å²) in [6.45, 7) is 4.26. The molecule has 0 aromatic carbocycles. The molecule has 0 aliphatic rings. The average molecular weight is 1040 g/mol. The van der Waals surface area contributed by atoms with Gasteiger partial charge in [0, 0.05) is 6.42 Å². The van der Waals surface area contributed by atoms with E-state index >= 15 is 0 Å². The summed E-state index contributed by atoms with van der Waals surface area (Å²) in [6, 6.07) is -0.555. The van der Waals surface area contributed by atoms with Gasteiger partial charge in [-0.3, -0.25) is 4.79 Å². The van der Waals surface area contributed by atoms with Crippen molar-refractivity contribution >= 4 is 5.91 Å². The fourth-order valence-electron chi connectivity index (χ4n) is 9.39. The van der Waals surface area contributed by atoms with Crippen LogP contribution in [0.25, 0.3) is 0 Å². The third-order valence-electron chi connectivity index (χ3n) is 14.2. The number of hydrogen-bond acceptors (Lipinski definition) is 3. The molecule has 0 rings (SSSR count). The van der Waals surface area contributed by atoms with Crippen LogP contribution in [0.1, 0.15) is 303 Å². The molecule has 0 bridgehead atoms. The molecule has 1 amide bonds. The van der Waals surface area contributed by atoms with Gasteiger partial charge < -0.3 is 15.5 Å². The molecule has 0 radical (unpaired) electrons. The highest BCUT2D eigenvalue weighted by Gasteiger charge is 2.20. The van der Waals surface area contributed by atoms with Crippen LogP contribution < -0.4 is 5.32 Å². The quantitative estimate of drug-likeness (QED) is 0.0420. The van der Waals surface area contributed by atoms with Crippen LogP contribution in [0, 0.1) is 0 Å². The summed E-state index contributed by atoms with van der Waals surface area (Å²) in [5, 5.41) is 23.4. The van der Waals surface area contributed by atoms with Gasteiger partial charge in [0.1, 0.15) is 0 Å². The SMILES string of the molecule is CC/C=C\C/C=C\C/C=C\C/C=C\C/C=C\C/C=C\C/C=C\C/C=C\C/C=C\C/C=C\CCCCCCCCC(=O)NC(CO)C(O)CCCCCCCCCCCCCCCCCCCCCCCCCCCC. The van der Waals surface area contributed by atoms with Crippen LogP contribution in [0.3, 0.4) is 0 Å². The summed E-state index contributed by atoms with van der Waals surface area (Å²) in [5.41, 5.74) is 0. The summed E-state index contributed by atoms with van der Waals surface area (Å²) in [4.78, 5) is 12.5. The lowest BCUT2D eigenvalue weighted by molar-refractivity contribution is -0.123. The minimum Gasteiger partial charge on any atom is -0.394 e. The van der Waals surface area contributed by atoms with E-state index < -0.39 is 12.1 Å². The van der Waals surface area contributed by atoms with Crippen molar-refractivity contribution in [3.05, 3.63) is 122 Å². The van der Waals surface area contributed by atoms with Crippen molar-refractivity contribution in [1.82, 2.24) is 5.32 Å². The van der Waals surface area contributed by atoms with Gasteiger partial charge in [-0.2, -0.15) is 0 Å². The van der Waals surface area contributed by atoms with Crippen LogP contribution in [0.15, 0.2) is 122 Å². The summed E-state index contributed by atoms with van der Waals surface area (Å²) >= 11 is 0. The summed E-state index contributed by atoms with van der Waals surface area (Å²) in [6.07, 6.45) is 99.2. The van der Waals surface area contributed by atoms with E-state index in [1.807, 2.05) is 0 Å². The topological polar surface area (TPSA) is 69.6 Å². The van der Waals surface area contributed by atoms with E-state index in [0.29, 0.717) is 12.8 Å². The van der Waals surface area contributed by atoms with E-state index in [1.165, 1.54) is 173 Å². The monoisotopic (exact) mass is 1040 g/mol. The van der Waals surface area contributed by atoms with Gasteiger partial charge in [0.2, 0.25) is 5.91 Å². The van der Waals surface area contributed by atoms with Gasteiger partial charge in [0.25, 0.3) is 0 Å². The molecule has 75 heavy (non-hydrogen) atoms. The molecular formula is C71H123NO3.